The second kappa shape index (κ2) is 6.50. The van der Waals surface area contributed by atoms with Crippen LogP contribution in [0.1, 0.15) is 44.1 Å². The summed E-state index contributed by atoms with van der Waals surface area (Å²) in [5, 5.41) is 10.6. The molecular formula is C15H20N2O3. The van der Waals surface area contributed by atoms with Gasteiger partial charge in [0.15, 0.2) is 0 Å². The zero-order valence-corrected chi connectivity index (χ0v) is 11.7. The van der Waals surface area contributed by atoms with E-state index in [1.807, 2.05) is 11.8 Å². The van der Waals surface area contributed by atoms with E-state index in [1.54, 1.807) is 12.1 Å². The van der Waals surface area contributed by atoms with Gasteiger partial charge in [0.25, 0.3) is 5.69 Å². The Morgan fingerprint density at radius 3 is 2.20 bits per heavy atom. The van der Waals surface area contributed by atoms with E-state index in [-0.39, 0.29) is 17.5 Å². The lowest BCUT2D eigenvalue weighted by Crippen LogP contribution is -2.35. The van der Waals surface area contributed by atoms with Crippen molar-refractivity contribution in [1.82, 2.24) is 4.90 Å². The number of nitro groups is 1. The van der Waals surface area contributed by atoms with Gasteiger partial charge in [0.05, 0.1) is 10.8 Å². The van der Waals surface area contributed by atoms with E-state index < -0.39 is 4.92 Å². The van der Waals surface area contributed by atoms with Crippen LogP contribution in [-0.2, 0) is 4.79 Å². The van der Waals surface area contributed by atoms with Crippen molar-refractivity contribution in [2.24, 2.45) is 0 Å². The summed E-state index contributed by atoms with van der Waals surface area (Å²) in [6.07, 6.45) is 4.52. The lowest BCUT2D eigenvalue weighted by Gasteiger charge is -2.24. The van der Waals surface area contributed by atoms with Crippen molar-refractivity contribution in [2.45, 2.75) is 38.5 Å². The molecule has 0 bridgehead atoms. The van der Waals surface area contributed by atoms with E-state index >= 15 is 0 Å². The van der Waals surface area contributed by atoms with Crippen molar-refractivity contribution in [3.05, 3.63) is 39.9 Å². The van der Waals surface area contributed by atoms with Crippen LogP contribution in [0.4, 0.5) is 5.69 Å². The first-order valence-corrected chi connectivity index (χ1v) is 7.13. The lowest BCUT2D eigenvalue weighted by atomic mass is 9.99. The van der Waals surface area contributed by atoms with E-state index in [9.17, 15) is 14.9 Å². The maximum absolute atomic E-state index is 12.5. The molecule has 20 heavy (non-hydrogen) atoms. The van der Waals surface area contributed by atoms with Crippen LogP contribution in [-0.4, -0.2) is 28.8 Å². The number of likely N-dealkylation sites (tertiary alicyclic amines) is 1. The molecule has 108 valence electrons. The molecule has 0 unspecified atom stereocenters. The standard InChI is InChI=1S/C15H20N2O3/c1-12(13-6-8-14(9-7-13)17(19)20)15(18)16-10-4-2-3-5-11-16/h6-9,12H,2-5,10-11H2,1H3/t12-/m0/s1. The minimum Gasteiger partial charge on any atom is -0.342 e. The predicted octanol–water partition coefficient (Wildman–Crippen LogP) is 3.10. The molecule has 0 spiro atoms. The summed E-state index contributed by atoms with van der Waals surface area (Å²) in [6, 6.07) is 6.28. The molecule has 5 nitrogen and oxygen atoms in total. The molecule has 1 aliphatic rings. The van der Waals surface area contributed by atoms with Crippen LogP contribution < -0.4 is 0 Å². The average Bonchev–Trinajstić information content (AvgIpc) is 2.75. The molecule has 0 aliphatic carbocycles. The molecule has 1 amide bonds. The fourth-order valence-corrected chi connectivity index (χ4v) is 2.59. The Morgan fingerprint density at radius 1 is 1.15 bits per heavy atom. The second-order valence-electron chi connectivity index (χ2n) is 5.31. The number of benzene rings is 1. The van der Waals surface area contributed by atoms with Crippen molar-refractivity contribution >= 4 is 11.6 Å². The molecule has 1 aromatic carbocycles. The maximum Gasteiger partial charge on any atom is 0.269 e. The van der Waals surface area contributed by atoms with E-state index in [0.717, 1.165) is 31.5 Å². The highest BCUT2D eigenvalue weighted by Gasteiger charge is 2.23. The Balaban J connectivity index is 2.07. The van der Waals surface area contributed by atoms with Crippen LogP contribution in [0, 0.1) is 10.1 Å². The monoisotopic (exact) mass is 276 g/mol. The van der Waals surface area contributed by atoms with Gasteiger partial charge in [0.2, 0.25) is 5.91 Å². The van der Waals surface area contributed by atoms with Crippen LogP contribution in [0.15, 0.2) is 24.3 Å². The highest BCUT2D eigenvalue weighted by molar-refractivity contribution is 5.83. The topological polar surface area (TPSA) is 63.5 Å². The fourth-order valence-electron chi connectivity index (χ4n) is 2.59. The van der Waals surface area contributed by atoms with Gasteiger partial charge in [-0.15, -0.1) is 0 Å². The van der Waals surface area contributed by atoms with Gasteiger partial charge in [0.1, 0.15) is 0 Å². The molecule has 0 aromatic heterocycles. The van der Waals surface area contributed by atoms with Crippen molar-refractivity contribution in [3.63, 3.8) is 0 Å². The van der Waals surface area contributed by atoms with Gasteiger partial charge in [-0.05, 0) is 25.3 Å². The first kappa shape index (κ1) is 14.5. The van der Waals surface area contributed by atoms with E-state index in [4.69, 9.17) is 0 Å². The average molecular weight is 276 g/mol. The summed E-state index contributed by atoms with van der Waals surface area (Å²) in [4.78, 5) is 24.6. The molecular weight excluding hydrogens is 256 g/mol. The number of rotatable bonds is 3. The molecule has 0 N–H and O–H groups in total. The predicted molar refractivity (Wildman–Crippen MR) is 76.6 cm³/mol. The van der Waals surface area contributed by atoms with Crippen LogP contribution in [0.25, 0.3) is 0 Å². The molecule has 1 heterocycles. The quantitative estimate of drug-likeness (QED) is 0.629. The van der Waals surface area contributed by atoms with Gasteiger partial charge < -0.3 is 4.90 Å². The zero-order valence-electron chi connectivity index (χ0n) is 11.7. The van der Waals surface area contributed by atoms with Crippen LogP contribution in [0.3, 0.4) is 0 Å². The summed E-state index contributed by atoms with van der Waals surface area (Å²) in [5.41, 5.74) is 0.896. The highest BCUT2D eigenvalue weighted by atomic mass is 16.6. The third-order valence-corrected chi connectivity index (χ3v) is 3.89. The minimum absolute atomic E-state index is 0.0585. The van der Waals surface area contributed by atoms with E-state index in [2.05, 4.69) is 0 Å². The lowest BCUT2D eigenvalue weighted by molar-refractivity contribution is -0.384. The molecule has 1 fully saturated rings. The summed E-state index contributed by atoms with van der Waals surface area (Å²) < 4.78 is 0. The second-order valence-corrected chi connectivity index (χ2v) is 5.31. The number of nitro benzene ring substituents is 1. The molecule has 1 aliphatic heterocycles. The van der Waals surface area contributed by atoms with Crippen LogP contribution in [0.2, 0.25) is 0 Å². The number of nitrogens with zero attached hydrogens (tertiary/aromatic N) is 2. The van der Waals surface area contributed by atoms with Gasteiger partial charge in [-0.25, -0.2) is 0 Å². The maximum atomic E-state index is 12.5. The third kappa shape index (κ3) is 3.35. The molecule has 1 saturated heterocycles. The molecule has 5 heteroatoms. The minimum atomic E-state index is -0.426. The number of amides is 1. The van der Waals surface area contributed by atoms with Crippen molar-refractivity contribution in [3.8, 4) is 0 Å². The number of non-ortho nitro benzene ring substituents is 1. The Labute approximate surface area is 118 Å². The van der Waals surface area contributed by atoms with Crippen LogP contribution in [0.5, 0.6) is 0 Å². The molecule has 1 aromatic rings. The summed E-state index contributed by atoms with van der Waals surface area (Å²) in [5.74, 6) is -0.116. The van der Waals surface area contributed by atoms with Crippen molar-refractivity contribution < 1.29 is 9.72 Å². The third-order valence-electron chi connectivity index (χ3n) is 3.89. The summed E-state index contributed by atoms with van der Waals surface area (Å²) in [6.45, 7) is 3.53. The van der Waals surface area contributed by atoms with Gasteiger partial charge in [-0.3, -0.25) is 14.9 Å². The Bertz CT molecular complexity index is 476. The van der Waals surface area contributed by atoms with Gasteiger partial charge >= 0.3 is 0 Å². The Morgan fingerprint density at radius 2 is 1.70 bits per heavy atom. The van der Waals surface area contributed by atoms with Crippen molar-refractivity contribution in [1.29, 1.82) is 0 Å². The van der Waals surface area contributed by atoms with Gasteiger partial charge in [-0.1, -0.05) is 25.0 Å². The zero-order chi connectivity index (χ0) is 14.5. The number of hydrogen-bond donors (Lipinski definition) is 0. The smallest absolute Gasteiger partial charge is 0.269 e. The molecule has 1 atom stereocenters. The van der Waals surface area contributed by atoms with Crippen LogP contribution >= 0.6 is 0 Å². The SMILES string of the molecule is C[C@H](C(=O)N1CCCCCC1)c1ccc([N+](=O)[O-])cc1. The number of carbonyl (C=O) groups excluding carboxylic acids is 1. The normalized spacial score (nSPS) is 17.4. The van der Waals surface area contributed by atoms with Gasteiger partial charge in [-0.2, -0.15) is 0 Å². The largest absolute Gasteiger partial charge is 0.342 e. The number of hydrogen-bond acceptors (Lipinski definition) is 3. The fraction of sp³-hybridized carbons (Fsp3) is 0.533. The Kier molecular flexibility index (Phi) is 4.71. The number of carbonyl (C=O) groups is 1. The highest BCUT2D eigenvalue weighted by Crippen LogP contribution is 2.22. The first-order valence-electron chi connectivity index (χ1n) is 7.13. The summed E-state index contributed by atoms with van der Waals surface area (Å²) in [7, 11) is 0. The Hall–Kier alpha value is -1.91. The first-order chi connectivity index (χ1) is 9.59. The molecule has 0 saturated carbocycles. The van der Waals surface area contributed by atoms with E-state index in [1.165, 1.54) is 25.0 Å². The van der Waals surface area contributed by atoms with Gasteiger partial charge in [0, 0.05) is 25.2 Å². The molecule has 2 rings (SSSR count). The summed E-state index contributed by atoms with van der Waals surface area (Å²) >= 11 is 0. The van der Waals surface area contributed by atoms with Crippen molar-refractivity contribution in [2.75, 3.05) is 13.1 Å². The van der Waals surface area contributed by atoms with E-state index in [0.29, 0.717) is 0 Å². The molecule has 0 radical (unpaired) electrons.